The van der Waals surface area contributed by atoms with Gasteiger partial charge in [0.2, 0.25) is 5.91 Å². The van der Waals surface area contributed by atoms with Crippen LogP contribution >= 0.6 is 15.9 Å². The van der Waals surface area contributed by atoms with Crippen LogP contribution in [-0.4, -0.2) is 52.0 Å². The number of imide groups is 1. The number of amides is 6. The topological polar surface area (TPSA) is 157 Å². The van der Waals surface area contributed by atoms with Crippen molar-refractivity contribution < 1.29 is 33.5 Å². The molecular weight excluding hydrogens is 481 g/mol. The number of carboxylic acid groups (broad SMARTS) is 1. The molecular formula is C18H21BrFN5O6. The fourth-order valence-corrected chi connectivity index (χ4v) is 3.21. The number of nitrogens with one attached hydrogen (secondary N) is 4. The van der Waals surface area contributed by atoms with Gasteiger partial charge in [-0.25, -0.2) is 19.4 Å². The normalized spacial score (nSPS) is 18.0. The molecule has 1 aliphatic heterocycles. The molecule has 1 fully saturated rings. The van der Waals surface area contributed by atoms with Crippen LogP contribution in [0.4, 0.5) is 19.7 Å². The summed E-state index contributed by atoms with van der Waals surface area (Å²) in [6.45, 7) is 3.06. The first-order chi connectivity index (χ1) is 14.5. The molecule has 1 aromatic rings. The first-order valence-corrected chi connectivity index (χ1v) is 9.93. The van der Waals surface area contributed by atoms with Crippen molar-refractivity contribution in [1.29, 1.82) is 0 Å². The predicted molar refractivity (Wildman–Crippen MR) is 109 cm³/mol. The van der Waals surface area contributed by atoms with Crippen LogP contribution in [0.1, 0.15) is 26.7 Å². The van der Waals surface area contributed by atoms with E-state index in [0.717, 1.165) is 6.07 Å². The molecule has 0 spiro atoms. The van der Waals surface area contributed by atoms with Crippen molar-refractivity contribution in [2.75, 3.05) is 11.9 Å². The molecule has 31 heavy (non-hydrogen) atoms. The van der Waals surface area contributed by atoms with E-state index in [1.165, 1.54) is 12.1 Å². The number of urea groups is 2. The van der Waals surface area contributed by atoms with Gasteiger partial charge in [-0.1, -0.05) is 29.8 Å². The van der Waals surface area contributed by atoms with Gasteiger partial charge in [-0.15, -0.1) is 0 Å². The monoisotopic (exact) mass is 501 g/mol. The van der Waals surface area contributed by atoms with Gasteiger partial charge in [-0.05, 0) is 24.1 Å². The van der Waals surface area contributed by atoms with E-state index < -0.39 is 53.5 Å². The molecule has 0 aliphatic carbocycles. The Morgan fingerprint density at radius 2 is 1.97 bits per heavy atom. The molecule has 1 atom stereocenters. The number of carboxylic acids is 1. The van der Waals surface area contributed by atoms with E-state index >= 15 is 0 Å². The molecule has 0 aromatic heterocycles. The minimum atomic E-state index is -1.65. The zero-order valence-corrected chi connectivity index (χ0v) is 18.2. The van der Waals surface area contributed by atoms with Gasteiger partial charge in [0.1, 0.15) is 11.4 Å². The molecule has 6 amide bonds. The third-order valence-corrected chi connectivity index (χ3v) is 5.09. The highest BCUT2D eigenvalue weighted by molar-refractivity contribution is 9.10. The van der Waals surface area contributed by atoms with Gasteiger partial charge in [0, 0.05) is 11.0 Å². The van der Waals surface area contributed by atoms with Gasteiger partial charge >= 0.3 is 18.0 Å². The Balaban J connectivity index is 2.09. The lowest BCUT2D eigenvalue weighted by Gasteiger charge is -2.30. The molecule has 13 heteroatoms. The molecule has 0 saturated carbocycles. The summed E-state index contributed by atoms with van der Waals surface area (Å²) in [5, 5.41) is 16.0. The van der Waals surface area contributed by atoms with Crippen molar-refractivity contribution in [3.05, 3.63) is 28.5 Å². The van der Waals surface area contributed by atoms with Crippen molar-refractivity contribution in [1.82, 2.24) is 21.1 Å². The van der Waals surface area contributed by atoms with Crippen LogP contribution in [0.25, 0.3) is 0 Å². The number of anilines is 1. The summed E-state index contributed by atoms with van der Waals surface area (Å²) in [7, 11) is 0. The number of nitrogens with zero attached hydrogens (tertiary/aromatic N) is 1. The van der Waals surface area contributed by atoms with Crippen LogP contribution in [-0.2, 0) is 14.4 Å². The fourth-order valence-electron chi connectivity index (χ4n) is 2.88. The summed E-state index contributed by atoms with van der Waals surface area (Å²) in [6.07, 6.45) is -0.767. The predicted octanol–water partition coefficient (Wildman–Crippen LogP) is 1.55. The summed E-state index contributed by atoms with van der Waals surface area (Å²) in [6, 6.07) is 1.87. The molecule has 1 aliphatic rings. The van der Waals surface area contributed by atoms with Crippen LogP contribution in [0.5, 0.6) is 0 Å². The Kier molecular flexibility index (Phi) is 7.55. The molecule has 2 rings (SSSR count). The zero-order chi connectivity index (χ0) is 23.3. The quantitative estimate of drug-likeness (QED) is 0.340. The van der Waals surface area contributed by atoms with Crippen molar-refractivity contribution >= 4 is 51.5 Å². The molecule has 168 valence electrons. The number of benzene rings is 1. The summed E-state index contributed by atoms with van der Waals surface area (Å²) in [5.74, 6) is -3.92. The van der Waals surface area contributed by atoms with E-state index in [4.69, 9.17) is 5.11 Å². The second kappa shape index (κ2) is 9.73. The van der Waals surface area contributed by atoms with Gasteiger partial charge < -0.3 is 21.1 Å². The highest BCUT2D eigenvalue weighted by Crippen LogP contribution is 2.29. The Morgan fingerprint density at radius 1 is 1.29 bits per heavy atom. The van der Waals surface area contributed by atoms with Crippen LogP contribution in [0.15, 0.2) is 22.7 Å². The van der Waals surface area contributed by atoms with Gasteiger partial charge in [0.05, 0.1) is 18.5 Å². The lowest BCUT2D eigenvalue weighted by Crippen LogP contribution is -2.55. The average Bonchev–Trinajstić information content (AvgIpc) is 2.89. The van der Waals surface area contributed by atoms with Crippen LogP contribution in [0, 0.1) is 11.7 Å². The fraction of sp³-hybridized carbons (Fsp3) is 0.389. The molecule has 5 N–H and O–H groups in total. The number of carbonyl (C=O) groups excluding carboxylic acids is 4. The van der Waals surface area contributed by atoms with Gasteiger partial charge in [0.15, 0.2) is 0 Å². The summed E-state index contributed by atoms with van der Waals surface area (Å²) >= 11 is 3.08. The first kappa shape index (κ1) is 24.1. The molecule has 1 heterocycles. The second-order valence-corrected chi connectivity index (χ2v) is 7.97. The van der Waals surface area contributed by atoms with Crippen molar-refractivity contribution in [3.8, 4) is 0 Å². The highest BCUT2D eigenvalue weighted by Gasteiger charge is 2.55. The zero-order valence-electron chi connectivity index (χ0n) is 16.6. The van der Waals surface area contributed by atoms with E-state index in [1.54, 1.807) is 13.8 Å². The number of carbonyl (C=O) groups is 5. The first-order valence-electron chi connectivity index (χ1n) is 9.14. The number of halogens is 2. The van der Waals surface area contributed by atoms with Crippen LogP contribution in [0.2, 0.25) is 0 Å². The Labute approximate surface area is 184 Å². The lowest BCUT2D eigenvalue weighted by atomic mass is 9.83. The molecule has 0 radical (unpaired) electrons. The summed E-state index contributed by atoms with van der Waals surface area (Å²) in [4.78, 5) is 60.3. The van der Waals surface area contributed by atoms with Gasteiger partial charge in [-0.2, -0.15) is 5.01 Å². The Hall–Kier alpha value is -3.22. The number of hydrogen-bond donors (Lipinski definition) is 5. The minimum absolute atomic E-state index is 0.145. The maximum atomic E-state index is 13.9. The Bertz CT molecular complexity index is 927. The van der Waals surface area contributed by atoms with Crippen LogP contribution < -0.4 is 21.4 Å². The Morgan fingerprint density at radius 3 is 2.55 bits per heavy atom. The number of hydrazine groups is 1. The standard InChI is InChI=1S/C18H21BrFN5O6/c1-9(2)18(8-13(26)21-6-5-14(27)28)15(29)25(17(31)23-18)24-16(30)22-12-4-3-10(19)7-11(12)20/h3-4,7,9H,5-6,8H2,1-2H3,(H,21,26)(H,23,31)(H,27,28)(H2,22,24,30)/t18-/m0/s1. The SMILES string of the molecule is CC(C)[C@]1(CC(=O)NCCC(=O)O)NC(=O)N(NC(=O)Nc2ccc(Br)cc2F)C1=O. The number of rotatable bonds is 8. The van der Waals surface area contributed by atoms with Crippen molar-refractivity contribution in [2.24, 2.45) is 5.92 Å². The molecule has 0 unspecified atom stereocenters. The largest absolute Gasteiger partial charge is 0.481 e. The molecule has 1 aromatic carbocycles. The third kappa shape index (κ3) is 5.69. The van der Waals surface area contributed by atoms with E-state index in [2.05, 4.69) is 31.9 Å². The molecule has 11 nitrogen and oxygen atoms in total. The molecule has 0 bridgehead atoms. The maximum absolute atomic E-state index is 13.9. The second-order valence-electron chi connectivity index (χ2n) is 7.06. The van der Waals surface area contributed by atoms with E-state index in [0.29, 0.717) is 9.48 Å². The van der Waals surface area contributed by atoms with E-state index in [-0.39, 0.29) is 18.7 Å². The average molecular weight is 502 g/mol. The van der Waals surface area contributed by atoms with Crippen molar-refractivity contribution in [2.45, 2.75) is 32.2 Å². The lowest BCUT2D eigenvalue weighted by molar-refractivity contribution is -0.139. The minimum Gasteiger partial charge on any atom is -0.481 e. The maximum Gasteiger partial charge on any atom is 0.344 e. The highest BCUT2D eigenvalue weighted by atomic mass is 79.9. The van der Waals surface area contributed by atoms with Crippen LogP contribution in [0.3, 0.4) is 0 Å². The van der Waals surface area contributed by atoms with Gasteiger partial charge in [-0.3, -0.25) is 14.4 Å². The van der Waals surface area contributed by atoms with Crippen molar-refractivity contribution in [3.63, 3.8) is 0 Å². The van der Waals surface area contributed by atoms with Gasteiger partial charge in [0.25, 0.3) is 5.91 Å². The number of aliphatic carboxylic acids is 1. The smallest absolute Gasteiger partial charge is 0.344 e. The third-order valence-electron chi connectivity index (χ3n) is 4.60. The molecule has 1 saturated heterocycles. The van der Waals surface area contributed by atoms with E-state index in [9.17, 15) is 28.4 Å². The summed E-state index contributed by atoms with van der Waals surface area (Å²) < 4.78 is 14.3. The van der Waals surface area contributed by atoms with E-state index in [1.807, 2.05) is 5.43 Å². The number of hydrogen-bond acceptors (Lipinski definition) is 5. The summed E-state index contributed by atoms with van der Waals surface area (Å²) in [5.41, 5.74) is 0.211.